The van der Waals surface area contributed by atoms with E-state index >= 15 is 0 Å². The molecule has 0 spiro atoms. The van der Waals surface area contributed by atoms with Gasteiger partial charge in [-0.25, -0.2) is 0 Å². The Kier molecular flexibility index (Phi) is 63.3. The van der Waals surface area contributed by atoms with Crippen molar-refractivity contribution in [3.63, 3.8) is 0 Å². The van der Waals surface area contributed by atoms with E-state index in [0.717, 1.165) is 135 Å². The minimum absolute atomic E-state index is 0.0813. The number of ether oxygens (including phenoxy) is 3. The Hall–Kier alpha value is -3.93. The maximum atomic E-state index is 12.9. The van der Waals surface area contributed by atoms with Crippen molar-refractivity contribution < 1.29 is 28.6 Å². The predicted molar refractivity (Wildman–Crippen MR) is 343 cm³/mol. The monoisotopic (exact) mass is 1100 g/mol. The van der Waals surface area contributed by atoms with E-state index in [2.05, 4.69) is 130 Å². The molecular formula is C73H124O6. The average Bonchev–Trinajstić information content (AvgIpc) is 3.45. The molecule has 0 saturated heterocycles. The summed E-state index contributed by atoms with van der Waals surface area (Å²) < 4.78 is 16.8. The van der Waals surface area contributed by atoms with Crippen LogP contribution in [0.3, 0.4) is 0 Å². The fraction of sp³-hybridized carbons (Fsp3) is 0.712. The number of allylic oxidation sites excluding steroid dienone is 18. The summed E-state index contributed by atoms with van der Waals surface area (Å²) in [5.41, 5.74) is 0. The van der Waals surface area contributed by atoms with Gasteiger partial charge in [-0.05, 0) is 89.9 Å². The summed E-state index contributed by atoms with van der Waals surface area (Å²) in [7, 11) is 0. The Bertz CT molecular complexity index is 1590. The van der Waals surface area contributed by atoms with E-state index < -0.39 is 6.10 Å². The van der Waals surface area contributed by atoms with Crippen LogP contribution in [0.5, 0.6) is 0 Å². The van der Waals surface area contributed by atoms with Gasteiger partial charge in [-0.3, -0.25) is 14.4 Å². The fourth-order valence-electron chi connectivity index (χ4n) is 9.32. The third-order valence-corrected chi connectivity index (χ3v) is 14.3. The summed E-state index contributed by atoms with van der Waals surface area (Å²) in [5, 5.41) is 0. The highest BCUT2D eigenvalue weighted by molar-refractivity contribution is 5.71. The van der Waals surface area contributed by atoms with E-state index in [1.54, 1.807) is 0 Å². The van der Waals surface area contributed by atoms with Crippen molar-refractivity contribution in [1.29, 1.82) is 0 Å². The molecule has 0 rings (SSSR count). The van der Waals surface area contributed by atoms with Crippen LogP contribution in [-0.4, -0.2) is 37.2 Å². The lowest BCUT2D eigenvalue weighted by Crippen LogP contribution is -2.30. The number of carbonyl (C=O) groups is 3. The normalized spacial score (nSPS) is 12.8. The topological polar surface area (TPSA) is 78.9 Å². The van der Waals surface area contributed by atoms with Gasteiger partial charge in [0.25, 0.3) is 0 Å². The van der Waals surface area contributed by atoms with Crippen molar-refractivity contribution in [3.8, 4) is 0 Å². The highest BCUT2D eigenvalue weighted by atomic mass is 16.6. The van der Waals surface area contributed by atoms with Crippen LogP contribution in [0.1, 0.15) is 316 Å². The van der Waals surface area contributed by atoms with Gasteiger partial charge < -0.3 is 14.2 Å². The summed E-state index contributed by atoms with van der Waals surface area (Å²) in [6.45, 7) is 6.50. The van der Waals surface area contributed by atoms with Crippen molar-refractivity contribution in [3.05, 3.63) is 109 Å². The van der Waals surface area contributed by atoms with Crippen LogP contribution < -0.4 is 0 Å². The van der Waals surface area contributed by atoms with Crippen LogP contribution in [0.2, 0.25) is 0 Å². The molecule has 79 heavy (non-hydrogen) atoms. The Morgan fingerprint density at radius 1 is 0.266 bits per heavy atom. The summed E-state index contributed by atoms with van der Waals surface area (Å²) in [6.07, 6.45) is 91.3. The molecule has 0 saturated carbocycles. The van der Waals surface area contributed by atoms with E-state index in [0.29, 0.717) is 19.3 Å². The molecule has 0 N–H and O–H groups in total. The molecule has 6 nitrogen and oxygen atoms in total. The van der Waals surface area contributed by atoms with E-state index in [-0.39, 0.29) is 31.1 Å². The number of hydrogen-bond acceptors (Lipinski definition) is 6. The van der Waals surface area contributed by atoms with Crippen LogP contribution in [0, 0.1) is 0 Å². The largest absolute Gasteiger partial charge is 0.462 e. The molecule has 0 amide bonds. The zero-order valence-corrected chi connectivity index (χ0v) is 51.9. The smallest absolute Gasteiger partial charge is 0.306 e. The van der Waals surface area contributed by atoms with Gasteiger partial charge in [0.2, 0.25) is 0 Å². The van der Waals surface area contributed by atoms with Crippen molar-refractivity contribution in [2.75, 3.05) is 13.2 Å². The minimum atomic E-state index is -0.783. The summed E-state index contributed by atoms with van der Waals surface area (Å²) in [4.78, 5) is 38.1. The number of esters is 3. The molecule has 0 fully saturated rings. The molecule has 0 aliphatic heterocycles. The third kappa shape index (κ3) is 64.8. The summed E-state index contributed by atoms with van der Waals surface area (Å²) in [6, 6.07) is 0. The SMILES string of the molecule is CC/C=C\C/C=C\C/C=C\C/C=C\C/C=C\C/C=C\C/C=C\C/C=C\C/C=C\CCCCCCCC(=O)OCC(COC(=O)CCCCCCCCC)OC(=O)CCCCCCCCCCCCCCCCCCCCCCC. The van der Waals surface area contributed by atoms with Gasteiger partial charge in [-0.15, -0.1) is 0 Å². The first-order valence-corrected chi connectivity index (χ1v) is 33.4. The Balaban J connectivity index is 4.17. The second-order valence-corrected chi connectivity index (χ2v) is 22.0. The van der Waals surface area contributed by atoms with Crippen LogP contribution >= 0.6 is 0 Å². The molecule has 1 atom stereocenters. The highest BCUT2D eigenvalue weighted by Crippen LogP contribution is 2.17. The second kappa shape index (κ2) is 66.6. The van der Waals surface area contributed by atoms with Crippen molar-refractivity contribution in [2.45, 2.75) is 322 Å². The maximum absolute atomic E-state index is 12.9. The van der Waals surface area contributed by atoms with Crippen molar-refractivity contribution in [2.24, 2.45) is 0 Å². The van der Waals surface area contributed by atoms with Crippen LogP contribution in [0.15, 0.2) is 109 Å². The van der Waals surface area contributed by atoms with Gasteiger partial charge in [0.1, 0.15) is 13.2 Å². The number of carbonyl (C=O) groups excluding carboxylic acids is 3. The van der Waals surface area contributed by atoms with Crippen LogP contribution in [0.4, 0.5) is 0 Å². The molecule has 0 aliphatic rings. The Morgan fingerprint density at radius 3 is 0.772 bits per heavy atom. The molecule has 0 aromatic heterocycles. The molecule has 0 bridgehead atoms. The zero-order chi connectivity index (χ0) is 57.1. The van der Waals surface area contributed by atoms with Gasteiger partial charge in [0.15, 0.2) is 6.10 Å². The third-order valence-electron chi connectivity index (χ3n) is 14.3. The molecule has 6 heteroatoms. The summed E-state index contributed by atoms with van der Waals surface area (Å²) in [5.74, 6) is -0.897. The lowest BCUT2D eigenvalue weighted by Gasteiger charge is -2.18. The Labute approximate surface area is 489 Å². The number of unbranched alkanes of at least 4 members (excludes halogenated alkanes) is 31. The predicted octanol–water partition coefficient (Wildman–Crippen LogP) is 23.0. The molecular weight excluding hydrogens is 973 g/mol. The first kappa shape index (κ1) is 75.1. The summed E-state index contributed by atoms with van der Waals surface area (Å²) >= 11 is 0. The van der Waals surface area contributed by atoms with E-state index in [1.807, 2.05) is 0 Å². The van der Waals surface area contributed by atoms with E-state index in [9.17, 15) is 14.4 Å². The molecule has 0 radical (unpaired) electrons. The number of rotatable bonds is 60. The highest BCUT2D eigenvalue weighted by Gasteiger charge is 2.19. The van der Waals surface area contributed by atoms with Crippen LogP contribution in [0.25, 0.3) is 0 Å². The second-order valence-electron chi connectivity index (χ2n) is 22.0. The Morgan fingerprint density at radius 2 is 0.494 bits per heavy atom. The zero-order valence-electron chi connectivity index (χ0n) is 51.9. The van der Waals surface area contributed by atoms with Crippen LogP contribution in [-0.2, 0) is 28.6 Å². The van der Waals surface area contributed by atoms with Gasteiger partial charge in [-0.1, -0.05) is 316 Å². The van der Waals surface area contributed by atoms with Gasteiger partial charge in [0.05, 0.1) is 0 Å². The molecule has 452 valence electrons. The minimum Gasteiger partial charge on any atom is -0.462 e. The molecule has 0 aromatic rings. The number of hydrogen-bond donors (Lipinski definition) is 0. The average molecular weight is 1100 g/mol. The first-order valence-electron chi connectivity index (χ1n) is 33.4. The van der Waals surface area contributed by atoms with Gasteiger partial charge in [-0.2, -0.15) is 0 Å². The standard InChI is InChI=1S/C73H124O6/c1-4-7-10-13-16-18-20-22-24-26-28-30-31-32-33-34-35-36-37-38-39-40-41-43-44-46-48-50-52-54-57-60-63-66-72(75)78-69-70(68-77-71(74)65-62-59-56-15-12-9-6-3)79-73(76)67-64-61-58-55-53-51-49-47-45-42-29-27-25-23-21-19-17-14-11-8-5-2/h7,10,16,18,22,24,28,30,32-33,35-36,38-39,41,43,46,48,70H,4-6,8-9,11-15,17,19-21,23,25-27,29,31,34,37,40,42,44-45,47,49-69H2,1-3H3/b10-7-,18-16-,24-22-,30-28-,33-32-,36-35-,39-38-,43-41-,48-46-. The van der Waals surface area contributed by atoms with Crippen molar-refractivity contribution in [1.82, 2.24) is 0 Å². The first-order chi connectivity index (χ1) is 39.0. The lowest BCUT2D eigenvalue weighted by atomic mass is 10.0. The fourth-order valence-corrected chi connectivity index (χ4v) is 9.32. The van der Waals surface area contributed by atoms with E-state index in [1.165, 1.54) is 141 Å². The van der Waals surface area contributed by atoms with E-state index in [4.69, 9.17) is 14.2 Å². The molecule has 1 unspecified atom stereocenters. The van der Waals surface area contributed by atoms with Crippen molar-refractivity contribution >= 4 is 17.9 Å². The van der Waals surface area contributed by atoms with Gasteiger partial charge in [0, 0.05) is 19.3 Å². The molecule has 0 aliphatic carbocycles. The lowest BCUT2D eigenvalue weighted by molar-refractivity contribution is -0.167. The maximum Gasteiger partial charge on any atom is 0.306 e. The molecule has 0 aromatic carbocycles. The van der Waals surface area contributed by atoms with Gasteiger partial charge >= 0.3 is 17.9 Å². The molecule has 0 heterocycles. The quantitative estimate of drug-likeness (QED) is 0.0261.